The molecule has 0 aliphatic carbocycles. The number of nitrogens with two attached hydrogens (primary N) is 1. The quantitative estimate of drug-likeness (QED) is 0.903. The van der Waals surface area contributed by atoms with Gasteiger partial charge in [-0.25, -0.2) is 0 Å². The Morgan fingerprint density at radius 1 is 1.21 bits per heavy atom. The lowest BCUT2D eigenvalue weighted by Gasteiger charge is -2.40. The first-order chi connectivity index (χ1) is 9.28. The summed E-state index contributed by atoms with van der Waals surface area (Å²) in [6, 6.07) is 11.0. The number of rotatable bonds is 4. The maximum Gasteiger partial charge on any atom is 0.0707 e. The van der Waals surface area contributed by atoms with Crippen molar-refractivity contribution in [1.82, 2.24) is 4.90 Å². The molecule has 1 aromatic rings. The molecule has 3 rings (SSSR count). The molecule has 2 aliphatic rings. The average molecular weight is 260 g/mol. The minimum atomic E-state index is 0.101. The second-order valence-electron chi connectivity index (χ2n) is 5.82. The second kappa shape index (κ2) is 5.61. The van der Waals surface area contributed by atoms with Crippen molar-refractivity contribution in [2.45, 2.75) is 50.5 Å². The van der Waals surface area contributed by atoms with Crippen molar-refractivity contribution in [3.63, 3.8) is 0 Å². The summed E-state index contributed by atoms with van der Waals surface area (Å²) in [7, 11) is 0. The fourth-order valence-corrected chi connectivity index (χ4v) is 3.55. The fourth-order valence-electron chi connectivity index (χ4n) is 3.55. The normalized spacial score (nSPS) is 30.2. The summed E-state index contributed by atoms with van der Waals surface area (Å²) in [4.78, 5) is 2.56. The molecule has 4 atom stereocenters. The molecule has 1 aromatic carbocycles. The van der Waals surface area contributed by atoms with Gasteiger partial charge in [0.2, 0.25) is 0 Å². The Kier molecular flexibility index (Phi) is 3.87. The van der Waals surface area contributed by atoms with E-state index in [-0.39, 0.29) is 6.04 Å². The van der Waals surface area contributed by atoms with Gasteiger partial charge in [-0.05, 0) is 24.8 Å². The maximum absolute atomic E-state index is 6.51. The summed E-state index contributed by atoms with van der Waals surface area (Å²) in [5.41, 5.74) is 7.75. The van der Waals surface area contributed by atoms with Crippen LogP contribution in [0.5, 0.6) is 0 Å². The lowest BCUT2D eigenvalue weighted by Crippen LogP contribution is -2.51. The van der Waals surface area contributed by atoms with Crippen LogP contribution in [0, 0.1) is 0 Å². The first kappa shape index (κ1) is 13.1. The van der Waals surface area contributed by atoms with Crippen LogP contribution in [0.15, 0.2) is 30.3 Å². The van der Waals surface area contributed by atoms with Crippen molar-refractivity contribution in [3.8, 4) is 0 Å². The molecule has 0 saturated carbocycles. The molecule has 2 bridgehead atoms. The molecule has 0 amide bonds. The Labute approximate surface area is 115 Å². The van der Waals surface area contributed by atoms with Gasteiger partial charge >= 0.3 is 0 Å². The number of morpholine rings is 1. The van der Waals surface area contributed by atoms with E-state index >= 15 is 0 Å². The first-order valence-electron chi connectivity index (χ1n) is 7.48. The van der Waals surface area contributed by atoms with Crippen LogP contribution in [0.3, 0.4) is 0 Å². The smallest absolute Gasteiger partial charge is 0.0707 e. The highest BCUT2D eigenvalue weighted by atomic mass is 16.5. The van der Waals surface area contributed by atoms with Gasteiger partial charge in [-0.15, -0.1) is 0 Å². The molecule has 0 aromatic heterocycles. The Morgan fingerprint density at radius 2 is 1.84 bits per heavy atom. The van der Waals surface area contributed by atoms with E-state index in [9.17, 15) is 0 Å². The molecule has 2 heterocycles. The highest BCUT2D eigenvalue weighted by molar-refractivity contribution is 5.20. The predicted octanol–water partition coefficient (Wildman–Crippen LogP) is 2.33. The minimum absolute atomic E-state index is 0.101. The first-order valence-corrected chi connectivity index (χ1v) is 7.48. The zero-order valence-corrected chi connectivity index (χ0v) is 11.7. The molecular formula is C16H24N2O. The zero-order valence-electron chi connectivity index (χ0n) is 11.7. The Hall–Kier alpha value is -0.900. The Morgan fingerprint density at radius 3 is 2.42 bits per heavy atom. The molecular weight excluding hydrogens is 236 g/mol. The largest absolute Gasteiger partial charge is 0.372 e. The molecule has 19 heavy (non-hydrogen) atoms. The van der Waals surface area contributed by atoms with Gasteiger partial charge in [0.15, 0.2) is 0 Å². The third-order valence-corrected chi connectivity index (χ3v) is 4.56. The van der Waals surface area contributed by atoms with Gasteiger partial charge < -0.3 is 10.5 Å². The highest BCUT2D eigenvalue weighted by Gasteiger charge is 2.37. The summed E-state index contributed by atoms with van der Waals surface area (Å²) in [5, 5.41) is 0. The molecule has 2 fully saturated rings. The van der Waals surface area contributed by atoms with Crippen LogP contribution in [-0.4, -0.2) is 36.2 Å². The van der Waals surface area contributed by atoms with E-state index in [0.717, 1.165) is 19.5 Å². The Balaban J connectivity index is 1.73. The predicted molar refractivity (Wildman–Crippen MR) is 76.9 cm³/mol. The van der Waals surface area contributed by atoms with Crippen LogP contribution in [0.1, 0.15) is 37.8 Å². The summed E-state index contributed by atoms with van der Waals surface area (Å²) < 4.78 is 5.93. The Bertz CT molecular complexity index is 396. The molecule has 4 unspecified atom stereocenters. The van der Waals surface area contributed by atoms with Gasteiger partial charge in [-0.2, -0.15) is 0 Å². The monoisotopic (exact) mass is 260 g/mol. The molecule has 0 spiro atoms. The number of likely N-dealkylation sites (tertiary alicyclic amines) is 1. The topological polar surface area (TPSA) is 38.5 Å². The second-order valence-corrected chi connectivity index (χ2v) is 5.82. The molecule has 2 N–H and O–H groups in total. The van der Waals surface area contributed by atoms with E-state index in [2.05, 4.69) is 36.1 Å². The summed E-state index contributed by atoms with van der Waals surface area (Å²) in [6.07, 6.45) is 4.41. The van der Waals surface area contributed by atoms with Gasteiger partial charge in [-0.1, -0.05) is 37.3 Å². The van der Waals surface area contributed by atoms with E-state index < -0.39 is 0 Å². The van der Waals surface area contributed by atoms with E-state index in [0.29, 0.717) is 18.2 Å². The van der Waals surface area contributed by atoms with E-state index in [1.165, 1.54) is 18.4 Å². The van der Waals surface area contributed by atoms with Crippen molar-refractivity contribution in [1.29, 1.82) is 0 Å². The van der Waals surface area contributed by atoms with Crippen molar-refractivity contribution >= 4 is 0 Å². The van der Waals surface area contributed by atoms with Gasteiger partial charge in [0.25, 0.3) is 0 Å². The van der Waals surface area contributed by atoms with Crippen LogP contribution in [0.25, 0.3) is 0 Å². The highest BCUT2D eigenvalue weighted by Crippen LogP contribution is 2.31. The number of hydrogen-bond donors (Lipinski definition) is 1. The third kappa shape index (κ3) is 2.69. The lowest BCUT2D eigenvalue weighted by molar-refractivity contribution is -0.0566. The number of nitrogens with zero attached hydrogens (tertiary/aromatic N) is 1. The summed E-state index contributed by atoms with van der Waals surface area (Å²) >= 11 is 0. The van der Waals surface area contributed by atoms with Crippen LogP contribution in [-0.2, 0) is 4.74 Å². The number of ether oxygens (including phenoxy) is 1. The molecule has 104 valence electrons. The van der Waals surface area contributed by atoms with Gasteiger partial charge in [0.1, 0.15) is 0 Å². The van der Waals surface area contributed by atoms with E-state index in [4.69, 9.17) is 10.5 Å². The maximum atomic E-state index is 6.51. The van der Waals surface area contributed by atoms with Crippen molar-refractivity contribution < 1.29 is 4.74 Å². The van der Waals surface area contributed by atoms with Gasteiger partial charge in [0.05, 0.1) is 12.2 Å². The molecule has 3 heteroatoms. The molecule has 2 aliphatic heterocycles. The molecule has 2 saturated heterocycles. The number of hydrogen-bond acceptors (Lipinski definition) is 3. The van der Waals surface area contributed by atoms with Crippen LogP contribution in [0.2, 0.25) is 0 Å². The standard InChI is InChI=1S/C16H24N2O/c1-2-15(16(17)12-6-4-3-5-7-12)18-10-13-8-9-14(11-18)19-13/h3-7,13-16H,2,8-11,17H2,1H3. The van der Waals surface area contributed by atoms with E-state index in [1.807, 2.05) is 6.07 Å². The summed E-state index contributed by atoms with van der Waals surface area (Å²) in [6.45, 7) is 4.34. The summed E-state index contributed by atoms with van der Waals surface area (Å²) in [5.74, 6) is 0. The molecule has 3 nitrogen and oxygen atoms in total. The van der Waals surface area contributed by atoms with Crippen molar-refractivity contribution in [3.05, 3.63) is 35.9 Å². The zero-order chi connectivity index (χ0) is 13.2. The van der Waals surface area contributed by atoms with Crippen molar-refractivity contribution in [2.75, 3.05) is 13.1 Å². The van der Waals surface area contributed by atoms with Crippen molar-refractivity contribution in [2.24, 2.45) is 5.73 Å². The molecule has 0 radical (unpaired) electrons. The number of benzene rings is 1. The third-order valence-electron chi connectivity index (χ3n) is 4.56. The van der Waals surface area contributed by atoms with Crippen LogP contribution in [0.4, 0.5) is 0 Å². The van der Waals surface area contributed by atoms with Gasteiger partial charge in [0, 0.05) is 25.2 Å². The van der Waals surface area contributed by atoms with E-state index in [1.54, 1.807) is 0 Å². The van der Waals surface area contributed by atoms with Gasteiger partial charge in [-0.3, -0.25) is 4.90 Å². The minimum Gasteiger partial charge on any atom is -0.372 e. The van der Waals surface area contributed by atoms with Crippen LogP contribution >= 0.6 is 0 Å². The number of fused-ring (bicyclic) bond motifs is 2. The van der Waals surface area contributed by atoms with Crippen LogP contribution < -0.4 is 5.73 Å². The SMILES string of the molecule is CCC(C(N)c1ccccc1)N1CC2CCC(C1)O2. The fraction of sp³-hybridized carbons (Fsp3) is 0.625. The average Bonchev–Trinajstić information content (AvgIpc) is 2.79. The lowest BCUT2D eigenvalue weighted by atomic mass is 9.96.